The number of aliphatic hydroxyl groups is 1. The molecule has 5 heteroatoms. The maximum absolute atomic E-state index is 12.0. The number of nitrogens with zero attached hydrogens (tertiary/aromatic N) is 2. The molecule has 1 atom stereocenters. The Bertz CT molecular complexity index is 450. The van der Waals surface area contributed by atoms with E-state index in [0.717, 1.165) is 5.56 Å². The molecule has 2 rings (SSSR count). The predicted molar refractivity (Wildman–Crippen MR) is 76.3 cm³/mol. The van der Waals surface area contributed by atoms with Crippen molar-refractivity contribution in [3.05, 3.63) is 35.9 Å². The van der Waals surface area contributed by atoms with Crippen molar-refractivity contribution >= 4 is 6.09 Å². The van der Waals surface area contributed by atoms with Crippen LogP contribution >= 0.6 is 0 Å². The summed E-state index contributed by atoms with van der Waals surface area (Å²) in [5.41, 5.74) is 0.138. The normalized spacial score (nSPS) is 22.3. The Kier molecular flexibility index (Phi) is 4.62. The van der Waals surface area contributed by atoms with Crippen molar-refractivity contribution in [3.63, 3.8) is 0 Å². The highest BCUT2D eigenvalue weighted by Crippen LogP contribution is 2.22. The summed E-state index contributed by atoms with van der Waals surface area (Å²) >= 11 is 0. The summed E-state index contributed by atoms with van der Waals surface area (Å²) < 4.78 is 5.27. The number of carbonyl (C=O) groups is 1. The third kappa shape index (κ3) is 3.95. The average molecular weight is 278 g/mol. The van der Waals surface area contributed by atoms with Crippen LogP contribution in [0.15, 0.2) is 30.3 Å². The van der Waals surface area contributed by atoms with Gasteiger partial charge < -0.3 is 19.6 Å². The number of likely N-dealkylation sites (N-methyl/N-ethyl adjacent to an activating group) is 1. The summed E-state index contributed by atoms with van der Waals surface area (Å²) in [6, 6.07) is 9.58. The van der Waals surface area contributed by atoms with Crippen LogP contribution in [-0.2, 0) is 11.3 Å². The molecule has 0 bridgehead atoms. The molecule has 1 aromatic carbocycles. The van der Waals surface area contributed by atoms with E-state index in [9.17, 15) is 9.90 Å². The summed E-state index contributed by atoms with van der Waals surface area (Å²) in [5.74, 6) is 0. The highest BCUT2D eigenvalue weighted by Gasteiger charge is 2.39. The largest absolute Gasteiger partial charge is 0.445 e. The van der Waals surface area contributed by atoms with Gasteiger partial charge in [-0.25, -0.2) is 4.79 Å². The maximum Gasteiger partial charge on any atom is 0.410 e. The van der Waals surface area contributed by atoms with Gasteiger partial charge in [0.25, 0.3) is 0 Å². The molecule has 1 fully saturated rings. The van der Waals surface area contributed by atoms with E-state index in [4.69, 9.17) is 4.74 Å². The molecule has 1 aromatic rings. The Morgan fingerprint density at radius 3 is 2.75 bits per heavy atom. The van der Waals surface area contributed by atoms with E-state index in [0.29, 0.717) is 26.1 Å². The van der Waals surface area contributed by atoms with Crippen LogP contribution in [0.3, 0.4) is 0 Å². The molecule has 1 N–H and O–H groups in total. The summed E-state index contributed by atoms with van der Waals surface area (Å²) in [6.45, 7) is 1.69. The number of benzene rings is 1. The van der Waals surface area contributed by atoms with E-state index in [1.807, 2.05) is 49.3 Å². The molecule has 1 unspecified atom stereocenters. The SMILES string of the molecule is CN(C)CC1(O)CCN(C(=O)OCc2ccccc2)C1. The zero-order valence-electron chi connectivity index (χ0n) is 12.1. The van der Waals surface area contributed by atoms with E-state index in [2.05, 4.69) is 0 Å². The van der Waals surface area contributed by atoms with E-state index < -0.39 is 5.60 Å². The molecular formula is C15H22N2O3. The van der Waals surface area contributed by atoms with Gasteiger partial charge in [-0.15, -0.1) is 0 Å². The standard InChI is InChI=1S/C15H22N2O3/c1-16(2)11-15(19)8-9-17(12-15)14(18)20-10-13-6-4-3-5-7-13/h3-7,19H,8-12H2,1-2H3. The van der Waals surface area contributed by atoms with Gasteiger partial charge in [0.15, 0.2) is 0 Å². The first-order chi connectivity index (χ1) is 9.48. The highest BCUT2D eigenvalue weighted by atomic mass is 16.6. The van der Waals surface area contributed by atoms with Gasteiger partial charge in [0, 0.05) is 13.1 Å². The molecule has 1 heterocycles. The van der Waals surface area contributed by atoms with Crippen molar-refractivity contribution in [1.82, 2.24) is 9.80 Å². The number of β-amino-alcohol motifs (C(OH)–C–C–N with tert-alkyl or cyclic N) is 1. The lowest BCUT2D eigenvalue weighted by atomic mass is 10.0. The van der Waals surface area contributed by atoms with E-state index >= 15 is 0 Å². The lowest BCUT2D eigenvalue weighted by Gasteiger charge is -2.26. The monoisotopic (exact) mass is 278 g/mol. The number of amides is 1. The van der Waals surface area contributed by atoms with Crippen LogP contribution in [0, 0.1) is 0 Å². The Hall–Kier alpha value is -1.59. The minimum Gasteiger partial charge on any atom is -0.445 e. The molecule has 0 aromatic heterocycles. The van der Waals surface area contributed by atoms with Gasteiger partial charge in [0.1, 0.15) is 6.61 Å². The van der Waals surface area contributed by atoms with Gasteiger partial charge in [0.2, 0.25) is 0 Å². The number of carbonyl (C=O) groups excluding carboxylic acids is 1. The average Bonchev–Trinajstić information content (AvgIpc) is 2.78. The fourth-order valence-electron chi connectivity index (χ4n) is 2.54. The third-order valence-electron chi connectivity index (χ3n) is 3.41. The van der Waals surface area contributed by atoms with Crippen LogP contribution in [0.25, 0.3) is 0 Å². The second kappa shape index (κ2) is 6.24. The molecule has 1 aliphatic heterocycles. The zero-order valence-corrected chi connectivity index (χ0v) is 12.1. The molecule has 1 aliphatic rings. The topological polar surface area (TPSA) is 53.0 Å². The summed E-state index contributed by atoms with van der Waals surface area (Å²) in [5, 5.41) is 10.4. The van der Waals surface area contributed by atoms with Gasteiger partial charge in [0.05, 0.1) is 12.1 Å². The molecule has 0 aliphatic carbocycles. The summed E-state index contributed by atoms with van der Waals surface area (Å²) in [7, 11) is 3.82. The number of ether oxygens (including phenoxy) is 1. The van der Waals surface area contributed by atoms with Crippen LogP contribution in [0.1, 0.15) is 12.0 Å². The van der Waals surface area contributed by atoms with Crippen LogP contribution < -0.4 is 0 Å². The van der Waals surface area contributed by atoms with Crippen molar-refractivity contribution < 1.29 is 14.6 Å². The first kappa shape index (κ1) is 14.8. The Labute approximate surface area is 119 Å². The van der Waals surface area contributed by atoms with Crippen LogP contribution in [0.5, 0.6) is 0 Å². The van der Waals surface area contributed by atoms with Crippen molar-refractivity contribution in [3.8, 4) is 0 Å². The van der Waals surface area contributed by atoms with Gasteiger partial charge in [-0.2, -0.15) is 0 Å². The minimum atomic E-state index is -0.824. The Morgan fingerprint density at radius 2 is 2.10 bits per heavy atom. The Balaban J connectivity index is 1.82. The van der Waals surface area contributed by atoms with E-state index in [1.165, 1.54) is 0 Å². The summed E-state index contributed by atoms with van der Waals surface area (Å²) in [6.07, 6.45) is 0.231. The predicted octanol–water partition coefficient (Wildman–Crippen LogP) is 1.32. The molecular weight excluding hydrogens is 256 g/mol. The van der Waals surface area contributed by atoms with Gasteiger partial charge in [-0.3, -0.25) is 0 Å². The fraction of sp³-hybridized carbons (Fsp3) is 0.533. The quantitative estimate of drug-likeness (QED) is 0.902. The van der Waals surface area contributed by atoms with E-state index in [1.54, 1.807) is 4.90 Å². The lowest BCUT2D eigenvalue weighted by molar-refractivity contribution is 0.0221. The van der Waals surface area contributed by atoms with Crippen molar-refractivity contribution in [2.45, 2.75) is 18.6 Å². The molecule has 1 saturated heterocycles. The number of rotatable bonds is 4. The van der Waals surface area contributed by atoms with E-state index in [-0.39, 0.29) is 12.7 Å². The first-order valence-electron chi connectivity index (χ1n) is 6.81. The molecule has 5 nitrogen and oxygen atoms in total. The molecule has 0 saturated carbocycles. The van der Waals surface area contributed by atoms with Crippen LogP contribution in [-0.4, -0.2) is 60.3 Å². The Morgan fingerprint density at radius 1 is 1.40 bits per heavy atom. The highest BCUT2D eigenvalue weighted by molar-refractivity contribution is 5.68. The fourth-order valence-corrected chi connectivity index (χ4v) is 2.54. The smallest absolute Gasteiger partial charge is 0.410 e. The summed E-state index contributed by atoms with van der Waals surface area (Å²) in [4.78, 5) is 15.5. The van der Waals surface area contributed by atoms with Crippen LogP contribution in [0.2, 0.25) is 0 Å². The first-order valence-corrected chi connectivity index (χ1v) is 6.81. The minimum absolute atomic E-state index is 0.266. The second-order valence-electron chi connectivity index (χ2n) is 5.67. The van der Waals surface area contributed by atoms with Gasteiger partial charge >= 0.3 is 6.09 Å². The molecule has 110 valence electrons. The van der Waals surface area contributed by atoms with Gasteiger partial charge in [-0.1, -0.05) is 30.3 Å². The molecule has 20 heavy (non-hydrogen) atoms. The molecule has 1 amide bonds. The maximum atomic E-state index is 12.0. The third-order valence-corrected chi connectivity index (χ3v) is 3.41. The lowest BCUT2D eigenvalue weighted by Crippen LogP contribution is -2.43. The second-order valence-corrected chi connectivity index (χ2v) is 5.67. The van der Waals surface area contributed by atoms with Crippen LogP contribution in [0.4, 0.5) is 4.79 Å². The number of hydrogen-bond donors (Lipinski definition) is 1. The number of likely N-dealkylation sites (tertiary alicyclic amines) is 1. The number of hydrogen-bond acceptors (Lipinski definition) is 4. The molecule has 0 spiro atoms. The van der Waals surface area contributed by atoms with Crippen molar-refractivity contribution in [2.75, 3.05) is 33.7 Å². The van der Waals surface area contributed by atoms with Crippen molar-refractivity contribution in [1.29, 1.82) is 0 Å². The molecule has 0 radical (unpaired) electrons. The zero-order chi connectivity index (χ0) is 14.6. The van der Waals surface area contributed by atoms with Crippen molar-refractivity contribution in [2.24, 2.45) is 0 Å². The van der Waals surface area contributed by atoms with Gasteiger partial charge in [-0.05, 0) is 26.1 Å².